The second kappa shape index (κ2) is 4.51. The molecule has 0 heterocycles. The first kappa shape index (κ1) is 10.9. The average Bonchev–Trinajstić information content (AvgIpc) is 2.14. The number of halogens is 1. The highest BCUT2D eigenvalue weighted by atomic mass is 19.1. The summed E-state index contributed by atoms with van der Waals surface area (Å²) >= 11 is 0. The predicted molar refractivity (Wildman–Crippen MR) is 56.2 cm³/mol. The normalized spacial score (nSPS) is 15.6. The van der Waals surface area contributed by atoms with Crippen LogP contribution >= 0.6 is 0 Å². The minimum atomic E-state index is -1.26. The van der Waals surface area contributed by atoms with E-state index >= 15 is 0 Å². The molecule has 0 aromatic heterocycles. The highest BCUT2D eigenvalue weighted by Crippen LogP contribution is 2.27. The van der Waals surface area contributed by atoms with Crippen LogP contribution in [-0.2, 0) is 0 Å². The van der Waals surface area contributed by atoms with Crippen molar-refractivity contribution in [2.45, 2.75) is 19.3 Å². The number of rotatable bonds is 4. The van der Waals surface area contributed by atoms with Crippen LogP contribution in [0.1, 0.15) is 29.6 Å². The van der Waals surface area contributed by atoms with E-state index in [9.17, 15) is 9.18 Å². The fourth-order valence-corrected chi connectivity index (χ4v) is 1.63. The molecule has 2 rings (SSSR count). The number of carboxylic acids is 1. The molecule has 4 heteroatoms. The number of benzene rings is 1. The molecule has 1 aromatic carbocycles. The maximum absolute atomic E-state index is 13.3. The second-order valence-corrected chi connectivity index (χ2v) is 4.05. The Morgan fingerprint density at radius 2 is 2.25 bits per heavy atom. The van der Waals surface area contributed by atoms with Gasteiger partial charge < -0.3 is 9.84 Å². The molecule has 3 nitrogen and oxygen atoms in total. The minimum absolute atomic E-state index is 0.323. The fourth-order valence-electron chi connectivity index (χ4n) is 1.63. The molecule has 0 bridgehead atoms. The maximum Gasteiger partial charge on any atom is 0.338 e. The number of hydrogen-bond donors (Lipinski definition) is 1. The number of aromatic carboxylic acids is 1. The van der Waals surface area contributed by atoms with Gasteiger partial charge in [-0.05, 0) is 30.9 Å². The van der Waals surface area contributed by atoms with Gasteiger partial charge >= 0.3 is 5.97 Å². The molecule has 0 unspecified atom stereocenters. The lowest BCUT2D eigenvalue weighted by Crippen LogP contribution is -2.19. The zero-order valence-corrected chi connectivity index (χ0v) is 8.78. The zero-order valence-electron chi connectivity index (χ0n) is 8.78. The van der Waals surface area contributed by atoms with Gasteiger partial charge in [-0.1, -0.05) is 6.42 Å². The van der Waals surface area contributed by atoms with Crippen LogP contribution in [-0.4, -0.2) is 17.7 Å². The SMILES string of the molecule is O=C(O)c1ccc(OCC2CCC2)cc1F. The van der Waals surface area contributed by atoms with Crippen molar-refractivity contribution < 1.29 is 19.0 Å². The third kappa shape index (κ3) is 2.32. The quantitative estimate of drug-likeness (QED) is 0.855. The predicted octanol–water partition coefficient (Wildman–Crippen LogP) is 2.70. The summed E-state index contributed by atoms with van der Waals surface area (Å²) in [6.45, 7) is 0.589. The third-order valence-electron chi connectivity index (χ3n) is 2.88. The van der Waals surface area contributed by atoms with Crippen LogP contribution in [0, 0.1) is 11.7 Å². The molecule has 86 valence electrons. The molecule has 0 spiro atoms. The van der Waals surface area contributed by atoms with Crippen LogP contribution in [0.3, 0.4) is 0 Å². The van der Waals surface area contributed by atoms with E-state index in [1.807, 2.05) is 0 Å². The van der Waals surface area contributed by atoms with E-state index in [1.165, 1.54) is 18.6 Å². The molecule has 1 N–H and O–H groups in total. The largest absolute Gasteiger partial charge is 0.493 e. The van der Waals surface area contributed by atoms with Gasteiger partial charge in [-0.2, -0.15) is 0 Å². The Labute approximate surface area is 92.9 Å². The van der Waals surface area contributed by atoms with Crippen molar-refractivity contribution in [3.8, 4) is 5.75 Å². The lowest BCUT2D eigenvalue weighted by molar-refractivity contribution is 0.0691. The summed E-state index contributed by atoms with van der Waals surface area (Å²) < 4.78 is 18.7. The van der Waals surface area contributed by atoms with Crippen LogP contribution in [0.5, 0.6) is 5.75 Å². The molecule has 0 radical (unpaired) electrons. The maximum atomic E-state index is 13.3. The Balaban J connectivity index is 1.99. The Bertz CT molecular complexity index is 399. The van der Waals surface area contributed by atoms with E-state index in [1.54, 1.807) is 0 Å². The summed E-state index contributed by atoms with van der Waals surface area (Å²) in [6, 6.07) is 3.85. The molecular formula is C12H13FO3. The Hall–Kier alpha value is -1.58. The first-order valence-corrected chi connectivity index (χ1v) is 5.32. The highest BCUT2D eigenvalue weighted by Gasteiger charge is 2.18. The van der Waals surface area contributed by atoms with Crippen LogP contribution in [0.2, 0.25) is 0 Å². The van der Waals surface area contributed by atoms with Crippen LogP contribution in [0.25, 0.3) is 0 Å². The molecule has 1 aliphatic rings. The lowest BCUT2D eigenvalue weighted by Gasteiger charge is -2.25. The van der Waals surface area contributed by atoms with Gasteiger partial charge in [0.25, 0.3) is 0 Å². The highest BCUT2D eigenvalue weighted by molar-refractivity contribution is 5.88. The smallest absolute Gasteiger partial charge is 0.338 e. The van der Waals surface area contributed by atoms with Crippen molar-refractivity contribution in [1.82, 2.24) is 0 Å². The van der Waals surface area contributed by atoms with Crippen molar-refractivity contribution in [3.05, 3.63) is 29.6 Å². The Morgan fingerprint density at radius 3 is 2.75 bits per heavy atom. The average molecular weight is 224 g/mol. The van der Waals surface area contributed by atoms with Gasteiger partial charge in [0, 0.05) is 6.07 Å². The van der Waals surface area contributed by atoms with E-state index in [-0.39, 0.29) is 5.56 Å². The topological polar surface area (TPSA) is 46.5 Å². The van der Waals surface area contributed by atoms with Crippen molar-refractivity contribution in [3.63, 3.8) is 0 Å². The molecule has 1 saturated carbocycles. The summed E-state index contributed by atoms with van der Waals surface area (Å²) in [6.07, 6.45) is 3.56. The lowest BCUT2D eigenvalue weighted by atomic mass is 9.86. The van der Waals surface area contributed by atoms with Gasteiger partial charge in [-0.15, -0.1) is 0 Å². The first-order chi connectivity index (χ1) is 7.66. The van der Waals surface area contributed by atoms with Crippen molar-refractivity contribution in [2.75, 3.05) is 6.61 Å². The molecule has 1 aromatic rings. The molecule has 16 heavy (non-hydrogen) atoms. The van der Waals surface area contributed by atoms with Crippen molar-refractivity contribution in [2.24, 2.45) is 5.92 Å². The second-order valence-electron chi connectivity index (χ2n) is 4.05. The number of ether oxygens (including phenoxy) is 1. The van der Waals surface area contributed by atoms with Crippen LogP contribution < -0.4 is 4.74 Å². The molecular weight excluding hydrogens is 211 g/mol. The molecule has 1 fully saturated rings. The van der Waals surface area contributed by atoms with Crippen LogP contribution in [0.15, 0.2) is 18.2 Å². The standard InChI is InChI=1S/C12H13FO3/c13-11-6-9(4-5-10(11)12(14)15)16-7-8-2-1-3-8/h4-6,8H,1-3,7H2,(H,14,15). The monoisotopic (exact) mass is 224 g/mol. The summed E-state index contributed by atoms with van der Waals surface area (Å²) in [5.41, 5.74) is -0.323. The summed E-state index contributed by atoms with van der Waals surface area (Å²) in [7, 11) is 0. The Morgan fingerprint density at radius 1 is 1.50 bits per heavy atom. The molecule has 0 aliphatic heterocycles. The van der Waals surface area contributed by atoms with Crippen molar-refractivity contribution in [1.29, 1.82) is 0 Å². The van der Waals surface area contributed by atoms with Crippen LogP contribution in [0.4, 0.5) is 4.39 Å². The van der Waals surface area contributed by atoms with E-state index in [4.69, 9.17) is 9.84 Å². The fraction of sp³-hybridized carbons (Fsp3) is 0.417. The van der Waals surface area contributed by atoms with Gasteiger partial charge in [0.15, 0.2) is 0 Å². The van der Waals surface area contributed by atoms with Crippen molar-refractivity contribution >= 4 is 5.97 Å². The van der Waals surface area contributed by atoms with E-state index in [0.29, 0.717) is 18.3 Å². The summed E-state index contributed by atoms with van der Waals surface area (Å²) in [5.74, 6) is -1.04. The number of hydrogen-bond acceptors (Lipinski definition) is 2. The minimum Gasteiger partial charge on any atom is -0.493 e. The summed E-state index contributed by atoms with van der Waals surface area (Å²) in [4.78, 5) is 10.6. The Kier molecular flexibility index (Phi) is 3.08. The third-order valence-corrected chi connectivity index (χ3v) is 2.88. The number of carbonyl (C=O) groups is 1. The van der Waals surface area contributed by atoms with Gasteiger partial charge in [-0.3, -0.25) is 0 Å². The van der Waals surface area contributed by atoms with E-state index in [0.717, 1.165) is 18.9 Å². The van der Waals surface area contributed by atoms with E-state index < -0.39 is 11.8 Å². The molecule has 1 aliphatic carbocycles. The zero-order chi connectivity index (χ0) is 11.5. The molecule has 0 saturated heterocycles. The van der Waals surface area contributed by atoms with E-state index in [2.05, 4.69) is 0 Å². The van der Waals surface area contributed by atoms with Gasteiger partial charge in [0.05, 0.1) is 12.2 Å². The summed E-state index contributed by atoms with van der Waals surface area (Å²) in [5, 5.41) is 8.64. The molecule has 0 amide bonds. The first-order valence-electron chi connectivity index (χ1n) is 5.32. The van der Waals surface area contributed by atoms with Gasteiger partial charge in [-0.25, -0.2) is 9.18 Å². The van der Waals surface area contributed by atoms with Gasteiger partial charge in [0.2, 0.25) is 0 Å². The number of carboxylic acid groups (broad SMARTS) is 1. The van der Waals surface area contributed by atoms with Gasteiger partial charge in [0.1, 0.15) is 11.6 Å². The molecule has 0 atom stereocenters.